The van der Waals surface area contributed by atoms with Gasteiger partial charge in [-0.25, -0.2) is 0 Å². The Hall–Kier alpha value is 0.550. The van der Waals surface area contributed by atoms with Crippen molar-refractivity contribution in [2.45, 2.75) is 60.5 Å². The van der Waals surface area contributed by atoms with E-state index in [1.807, 2.05) is 0 Å². The van der Waals surface area contributed by atoms with Crippen LogP contribution in [0.2, 0.25) is 0 Å². The van der Waals surface area contributed by atoms with E-state index in [1.165, 1.54) is 0 Å². The molecule has 8 nitrogen and oxygen atoms in total. The Morgan fingerprint density at radius 1 is 1.08 bits per heavy atom. The summed E-state index contributed by atoms with van der Waals surface area (Å²) in [7, 11) is 0. The molecule has 0 amide bonds. The molecule has 2 saturated heterocycles. The number of hydrogen-bond acceptors (Lipinski definition) is 8. The van der Waals surface area contributed by atoms with Gasteiger partial charge in [0.05, 0.1) is 29.8 Å². The predicted molar refractivity (Wildman–Crippen MR) is 84.2 cm³/mol. The van der Waals surface area contributed by atoms with Gasteiger partial charge in [-0.3, -0.25) is 0 Å². The van der Waals surface area contributed by atoms with Gasteiger partial charge in [0, 0.05) is 6.42 Å². The number of ether oxygens (including phenoxy) is 3. The van der Waals surface area contributed by atoms with E-state index in [9.17, 15) is 25.5 Å². The first-order chi connectivity index (χ1) is 11.3. The Kier molecular flexibility index (Phi) is 7.38. The lowest BCUT2D eigenvalue weighted by molar-refractivity contribution is -0.393. The average molecular weight is 412 g/mol. The molecule has 9 atom stereocenters. The highest BCUT2D eigenvalue weighted by Gasteiger charge is 2.53. The zero-order valence-electron chi connectivity index (χ0n) is 12.5. The summed E-state index contributed by atoms with van der Waals surface area (Å²) in [5.74, 6) is -2.24. The van der Waals surface area contributed by atoms with Crippen molar-refractivity contribution in [3.05, 3.63) is 0 Å². The summed E-state index contributed by atoms with van der Waals surface area (Å²) in [6, 6.07) is 0. The molecule has 24 heavy (non-hydrogen) atoms. The number of aliphatic hydroxyl groups excluding tert-OH is 5. The normalized spacial score (nSPS) is 50.0. The summed E-state index contributed by atoms with van der Waals surface area (Å²) < 4.78 is 16.4. The van der Waals surface area contributed by atoms with Gasteiger partial charge in [-0.1, -0.05) is 0 Å². The molecule has 0 saturated carbocycles. The zero-order valence-corrected chi connectivity index (χ0v) is 14.8. The smallest absolute Gasteiger partial charge is 0.211 e. The maximum atomic E-state index is 10.2. The fourth-order valence-corrected chi connectivity index (χ4v) is 3.56. The van der Waals surface area contributed by atoms with Crippen molar-refractivity contribution in [1.82, 2.24) is 0 Å². The Balaban J connectivity index is 2.18. The van der Waals surface area contributed by atoms with Crippen LogP contribution in [-0.4, -0.2) is 98.0 Å². The number of halogens is 3. The van der Waals surface area contributed by atoms with E-state index in [4.69, 9.17) is 49.0 Å². The van der Waals surface area contributed by atoms with Crippen molar-refractivity contribution in [1.29, 1.82) is 0 Å². The van der Waals surface area contributed by atoms with E-state index in [2.05, 4.69) is 0 Å². The van der Waals surface area contributed by atoms with Crippen LogP contribution >= 0.6 is 34.8 Å². The number of rotatable bonds is 5. The third-order valence-electron chi connectivity index (χ3n) is 4.21. The molecule has 5 N–H and O–H groups in total. The molecule has 0 radical (unpaired) electrons. The molecule has 2 rings (SSSR count). The highest BCUT2D eigenvalue weighted by atomic mass is 35.5. The first kappa shape index (κ1) is 20.9. The highest BCUT2D eigenvalue weighted by Crippen LogP contribution is 2.36. The topological polar surface area (TPSA) is 129 Å². The van der Waals surface area contributed by atoms with E-state index in [1.54, 1.807) is 0 Å². The molecule has 2 aliphatic heterocycles. The first-order valence-electron chi connectivity index (χ1n) is 7.39. The van der Waals surface area contributed by atoms with Crippen LogP contribution in [0.15, 0.2) is 0 Å². The van der Waals surface area contributed by atoms with Gasteiger partial charge in [0.2, 0.25) is 5.79 Å². The van der Waals surface area contributed by atoms with E-state index < -0.39 is 60.7 Å². The molecule has 0 bridgehead atoms. The molecule has 0 aromatic rings. The molecule has 0 aromatic heterocycles. The lowest BCUT2D eigenvalue weighted by atomic mass is 9.96. The van der Waals surface area contributed by atoms with Crippen molar-refractivity contribution in [2.24, 2.45) is 0 Å². The third kappa shape index (κ3) is 3.94. The van der Waals surface area contributed by atoms with Crippen molar-refractivity contribution in [3.63, 3.8) is 0 Å². The van der Waals surface area contributed by atoms with Crippen molar-refractivity contribution in [3.8, 4) is 0 Å². The maximum Gasteiger partial charge on any atom is 0.211 e. The van der Waals surface area contributed by atoms with E-state index in [-0.39, 0.29) is 18.2 Å². The summed E-state index contributed by atoms with van der Waals surface area (Å²) in [5, 5.41) is 48.4. The Labute approximate surface area is 153 Å². The van der Waals surface area contributed by atoms with Gasteiger partial charge in [-0.05, 0) is 0 Å². The van der Waals surface area contributed by atoms with Crippen LogP contribution in [0, 0.1) is 0 Å². The quantitative estimate of drug-likeness (QED) is 0.354. The van der Waals surface area contributed by atoms with Crippen LogP contribution in [0.25, 0.3) is 0 Å². The summed E-state index contributed by atoms with van der Waals surface area (Å²) >= 11 is 17.5. The second-order valence-corrected chi connectivity index (χ2v) is 6.92. The summed E-state index contributed by atoms with van der Waals surface area (Å²) in [6.07, 6.45) is -8.79. The highest BCUT2D eigenvalue weighted by molar-refractivity contribution is 6.21. The van der Waals surface area contributed by atoms with Crippen LogP contribution in [0.3, 0.4) is 0 Å². The lowest BCUT2D eigenvalue weighted by Gasteiger charge is -2.48. The van der Waals surface area contributed by atoms with Gasteiger partial charge in [-0.15, -0.1) is 34.8 Å². The molecule has 0 aliphatic carbocycles. The van der Waals surface area contributed by atoms with Crippen LogP contribution < -0.4 is 0 Å². The van der Waals surface area contributed by atoms with Gasteiger partial charge >= 0.3 is 0 Å². The molecule has 2 heterocycles. The fraction of sp³-hybridized carbons (Fsp3) is 1.00. The lowest BCUT2D eigenvalue weighted by Crippen LogP contribution is -2.65. The molecule has 0 spiro atoms. The van der Waals surface area contributed by atoms with Gasteiger partial charge in [0.1, 0.15) is 30.5 Å². The standard InChI is InChI=1S/C13H21Cl3O8/c14-2-6-5(18)1-8(19)13(4-15,23-6)24-12-11(21)10(20)9(16)7(3-17)22-12/h5-12,17-21H,1-4H2/t5?,6-,7?,8-,9+,10?,11?,12-,13-/m1/s1. The molecular formula is C13H21Cl3O8. The van der Waals surface area contributed by atoms with Gasteiger partial charge in [0.25, 0.3) is 0 Å². The van der Waals surface area contributed by atoms with Crippen LogP contribution in [0.4, 0.5) is 0 Å². The van der Waals surface area contributed by atoms with Crippen LogP contribution in [0.5, 0.6) is 0 Å². The van der Waals surface area contributed by atoms with Crippen molar-refractivity contribution < 1.29 is 39.7 Å². The van der Waals surface area contributed by atoms with E-state index >= 15 is 0 Å². The van der Waals surface area contributed by atoms with Gasteiger partial charge in [-0.2, -0.15) is 0 Å². The maximum absolute atomic E-state index is 10.2. The number of hydrogen-bond donors (Lipinski definition) is 5. The minimum absolute atomic E-state index is 0.0738. The van der Waals surface area contributed by atoms with Gasteiger partial charge in [0.15, 0.2) is 6.29 Å². The van der Waals surface area contributed by atoms with Gasteiger partial charge < -0.3 is 39.7 Å². The van der Waals surface area contributed by atoms with Crippen molar-refractivity contribution >= 4 is 34.8 Å². The number of aliphatic hydroxyl groups is 5. The average Bonchev–Trinajstić information content (AvgIpc) is 2.57. The second kappa shape index (κ2) is 8.49. The third-order valence-corrected chi connectivity index (χ3v) is 5.42. The van der Waals surface area contributed by atoms with Crippen molar-refractivity contribution in [2.75, 3.05) is 18.4 Å². The molecule has 2 fully saturated rings. The van der Waals surface area contributed by atoms with Crippen LogP contribution in [0.1, 0.15) is 6.42 Å². The summed E-state index contributed by atoms with van der Waals surface area (Å²) in [6.45, 7) is -0.516. The van der Waals surface area contributed by atoms with E-state index in [0.717, 1.165) is 0 Å². The molecule has 0 aromatic carbocycles. The molecule has 142 valence electrons. The minimum Gasteiger partial charge on any atom is -0.394 e. The predicted octanol–water partition coefficient (Wildman–Crippen LogP) is -1.27. The molecule has 2 aliphatic rings. The largest absolute Gasteiger partial charge is 0.394 e. The number of alkyl halides is 3. The Morgan fingerprint density at radius 2 is 1.75 bits per heavy atom. The van der Waals surface area contributed by atoms with Crippen LogP contribution in [-0.2, 0) is 14.2 Å². The van der Waals surface area contributed by atoms with E-state index in [0.29, 0.717) is 0 Å². The molecular weight excluding hydrogens is 390 g/mol. The molecule has 11 heteroatoms. The summed E-state index contributed by atoms with van der Waals surface area (Å²) in [5.41, 5.74) is 0. The summed E-state index contributed by atoms with van der Waals surface area (Å²) in [4.78, 5) is 0. The zero-order chi connectivity index (χ0) is 18.1. The Morgan fingerprint density at radius 3 is 2.29 bits per heavy atom. The molecule has 4 unspecified atom stereocenters. The Bertz CT molecular complexity index is 417. The SMILES string of the molecule is OCC1O[C@H](O[C@@]2(CCl)O[C@H](CCl)C(O)C[C@H]2O)C(O)C(O)[C@H]1Cl. The first-order valence-corrected chi connectivity index (χ1v) is 8.90. The monoisotopic (exact) mass is 410 g/mol. The fourth-order valence-electron chi connectivity index (χ4n) is 2.70. The minimum atomic E-state index is -1.81. The second-order valence-electron chi connectivity index (χ2n) is 5.84.